The van der Waals surface area contributed by atoms with Gasteiger partial charge in [0.1, 0.15) is 6.54 Å². The maximum Gasteiger partial charge on any atom is 0.322 e. The number of urea groups is 1. The van der Waals surface area contributed by atoms with Crippen LogP contribution in [0.3, 0.4) is 0 Å². The molecule has 0 atom stereocenters. The minimum atomic E-state index is -0.303. The number of hydrogen-bond donors (Lipinski definition) is 1. The highest BCUT2D eigenvalue weighted by molar-refractivity contribution is 5.94. The van der Waals surface area contributed by atoms with Crippen molar-refractivity contribution in [2.45, 2.75) is 0 Å². The zero-order valence-electron chi connectivity index (χ0n) is 17.4. The number of amides is 4. The van der Waals surface area contributed by atoms with E-state index < -0.39 is 0 Å². The van der Waals surface area contributed by atoms with E-state index in [4.69, 9.17) is 0 Å². The third kappa shape index (κ3) is 5.14. The van der Waals surface area contributed by atoms with Gasteiger partial charge >= 0.3 is 6.03 Å². The van der Waals surface area contributed by atoms with E-state index in [1.54, 1.807) is 17.0 Å². The normalized spacial score (nSPS) is 17.0. The van der Waals surface area contributed by atoms with Gasteiger partial charge < -0.3 is 24.9 Å². The Morgan fingerprint density at radius 2 is 1.39 bits per heavy atom. The van der Waals surface area contributed by atoms with Gasteiger partial charge in [-0.2, -0.15) is 0 Å². The Balaban J connectivity index is 1.24. The molecule has 8 heteroatoms. The lowest BCUT2D eigenvalue weighted by molar-refractivity contribution is -0.143. The highest BCUT2D eigenvalue weighted by Gasteiger charge is 2.30. The van der Waals surface area contributed by atoms with E-state index in [0.29, 0.717) is 31.9 Å². The number of para-hydroxylation sites is 2. The minimum absolute atomic E-state index is 0.0201. The molecular weight excluding hydrogens is 394 g/mol. The van der Waals surface area contributed by atoms with Gasteiger partial charge in [-0.3, -0.25) is 9.59 Å². The number of rotatable bonds is 4. The quantitative estimate of drug-likeness (QED) is 0.816. The highest BCUT2D eigenvalue weighted by atomic mass is 16.2. The second-order valence-electron chi connectivity index (χ2n) is 7.74. The standard InChI is InChI=1S/C23H27N5O3/c29-21(26-13-11-25(12-14-26)20-9-5-2-6-10-20)17-27-15-16-28(18-22(27)30)23(31)24-19-7-3-1-4-8-19/h1-10H,11-18H2,(H,24,31). The molecule has 2 aliphatic heterocycles. The summed E-state index contributed by atoms with van der Waals surface area (Å²) in [6.07, 6.45) is 0. The topological polar surface area (TPSA) is 76.2 Å². The van der Waals surface area contributed by atoms with Crippen molar-refractivity contribution in [2.75, 3.05) is 62.6 Å². The van der Waals surface area contributed by atoms with Crippen LogP contribution in [0.25, 0.3) is 0 Å². The molecule has 0 unspecified atom stereocenters. The number of piperazine rings is 2. The first-order valence-corrected chi connectivity index (χ1v) is 10.6. The Hall–Kier alpha value is -3.55. The number of nitrogens with one attached hydrogen (secondary N) is 1. The third-order valence-corrected chi connectivity index (χ3v) is 5.71. The summed E-state index contributed by atoms with van der Waals surface area (Å²) in [5, 5.41) is 2.79. The maximum atomic E-state index is 12.7. The van der Waals surface area contributed by atoms with Gasteiger partial charge in [-0.25, -0.2) is 4.79 Å². The predicted octanol–water partition coefficient (Wildman–Crippen LogP) is 1.71. The van der Waals surface area contributed by atoms with E-state index in [9.17, 15) is 14.4 Å². The van der Waals surface area contributed by atoms with Crippen molar-refractivity contribution in [3.8, 4) is 0 Å². The van der Waals surface area contributed by atoms with Gasteiger partial charge in [0.15, 0.2) is 0 Å². The average molecular weight is 422 g/mol. The number of carbonyl (C=O) groups excluding carboxylic acids is 3. The molecule has 0 bridgehead atoms. The first-order valence-electron chi connectivity index (χ1n) is 10.6. The smallest absolute Gasteiger partial charge is 0.322 e. The molecule has 4 rings (SSSR count). The molecule has 31 heavy (non-hydrogen) atoms. The summed E-state index contributed by atoms with van der Waals surface area (Å²) in [5.74, 6) is -0.242. The van der Waals surface area contributed by atoms with Crippen molar-refractivity contribution in [3.05, 3.63) is 60.7 Å². The number of anilines is 2. The van der Waals surface area contributed by atoms with E-state index in [1.165, 1.54) is 4.90 Å². The first-order chi connectivity index (χ1) is 15.1. The summed E-state index contributed by atoms with van der Waals surface area (Å²) < 4.78 is 0. The van der Waals surface area contributed by atoms with Gasteiger partial charge in [-0.05, 0) is 24.3 Å². The minimum Gasteiger partial charge on any atom is -0.368 e. The molecule has 0 aliphatic carbocycles. The van der Waals surface area contributed by atoms with E-state index in [-0.39, 0.29) is 30.9 Å². The van der Waals surface area contributed by atoms with Crippen molar-refractivity contribution < 1.29 is 14.4 Å². The second-order valence-corrected chi connectivity index (χ2v) is 7.74. The molecule has 2 saturated heterocycles. The van der Waals surface area contributed by atoms with Gasteiger partial charge in [-0.1, -0.05) is 36.4 Å². The number of nitrogens with zero attached hydrogens (tertiary/aromatic N) is 4. The van der Waals surface area contributed by atoms with E-state index in [1.807, 2.05) is 41.3 Å². The Kier molecular flexibility index (Phi) is 6.35. The third-order valence-electron chi connectivity index (χ3n) is 5.71. The predicted molar refractivity (Wildman–Crippen MR) is 119 cm³/mol. The van der Waals surface area contributed by atoms with Gasteiger partial charge in [-0.15, -0.1) is 0 Å². The van der Waals surface area contributed by atoms with Crippen LogP contribution in [0.4, 0.5) is 16.2 Å². The molecule has 2 aromatic rings. The van der Waals surface area contributed by atoms with Crippen molar-refractivity contribution in [1.82, 2.24) is 14.7 Å². The molecule has 162 valence electrons. The highest BCUT2D eigenvalue weighted by Crippen LogP contribution is 2.16. The van der Waals surface area contributed by atoms with Crippen LogP contribution in [0, 0.1) is 0 Å². The van der Waals surface area contributed by atoms with Crippen LogP contribution in [0.2, 0.25) is 0 Å². The molecule has 2 aromatic carbocycles. The van der Waals surface area contributed by atoms with Crippen LogP contribution >= 0.6 is 0 Å². The maximum absolute atomic E-state index is 12.7. The van der Waals surface area contributed by atoms with Crippen LogP contribution < -0.4 is 10.2 Å². The van der Waals surface area contributed by atoms with Crippen molar-refractivity contribution in [3.63, 3.8) is 0 Å². The average Bonchev–Trinajstić information content (AvgIpc) is 2.81. The monoisotopic (exact) mass is 421 g/mol. The molecule has 0 spiro atoms. The molecule has 2 fully saturated rings. The largest absolute Gasteiger partial charge is 0.368 e. The fourth-order valence-corrected chi connectivity index (χ4v) is 3.89. The van der Waals surface area contributed by atoms with Crippen LogP contribution in [0.15, 0.2) is 60.7 Å². The zero-order valence-corrected chi connectivity index (χ0v) is 17.4. The fourth-order valence-electron chi connectivity index (χ4n) is 3.89. The number of carbonyl (C=O) groups is 3. The van der Waals surface area contributed by atoms with Crippen LogP contribution in [0.1, 0.15) is 0 Å². The summed E-state index contributed by atoms with van der Waals surface area (Å²) >= 11 is 0. The first kappa shape index (κ1) is 20.7. The molecule has 0 saturated carbocycles. The van der Waals surface area contributed by atoms with Gasteiger partial charge in [0.2, 0.25) is 11.8 Å². The molecule has 2 heterocycles. The molecule has 0 radical (unpaired) electrons. The van der Waals surface area contributed by atoms with Crippen LogP contribution in [-0.2, 0) is 9.59 Å². The SMILES string of the molecule is O=C(CN1CCN(C(=O)Nc2ccccc2)CC1=O)N1CCN(c2ccccc2)CC1. The van der Waals surface area contributed by atoms with Gasteiger partial charge in [0.25, 0.3) is 0 Å². The van der Waals surface area contributed by atoms with Crippen molar-refractivity contribution >= 4 is 29.2 Å². The molecule has 8 nitrogen and oxygen atoms in total. The van der Waals surface area contributed by atoms with E-state index in [2.05, 4.69) is 22.3 Å². The van der Waals surface area contributed by atoms with Crippen LogP contribution in [0.5, 0.6) is 0 Å². The summed E-state index contributed by atoms with van der Waals surface area (Å²) in [6, 6.07) is 19.0. The van der Waals surface area contributed by atoms with E-state index >= 15 is 0 Å². The number of hydrogen-bond acceptors (Lipinski definition) is 4. The Labute approximate surface area is 182 Å². The van der Waals surface area contributed by atoms with Crippen molar-refractivity contribution in [2.24, 2.45) is 0 Å². The summed E-state index contributed by atoms with van der Waals surface area (Å²) in [4.78, 5) is 44.8. The fraction of sp³-hybridized carbons (Fsp3) is 0.348. The second kappa shape index (κ2) is 9.51. The molecule has 0 aromatic heterocycles. The summed E-state index contributed by atoms with van der Waals surface area (Å²) in [6.45, 7) is 3.64. The zero-order chi connectivity index (χ0) is 21.6. The molecular formula is C23H27N5O3. The molecule has 1 N–H and O–H groups in total. The Bertz CT molecular complexity index is 913. The Morgan fingerprint density at radius 3 is 2.03 bits per heavy atom. The van der Waals surface area contributed by atoms with E-state index in [0.717, 1.165) is 18.8 Å². The van der Waals surface area contributed by atoms with Crippen LogP contribution in [-0.4, -0.2) is 84.9 Å². The summed E-state index contributed by atoms with van der Waals surface area (Å²) in [7, 11) is 0. The van der Waals surface area contributed by atoms with Gasteiger partial charge in [0.05, 0.1) is 6.54 Å². The summed E-state index contributed by atoms with van der Waals surface area (Å²) in [5.41, 5.74) is 1.85. The number of benzene rings is 2. The lowest BCUT2D eigenvalue weighted by Crippen LogP contribution is -2.57. The lowest BCUT2D eigenvalue weighted by Gasteiger charge is -2.38. The van der Waals surface area contributed by atoms with Crippen molar-refractivity contribution in [1.29, 1.82) is 0 Å². The molecule has 4 amide bonds. The lowest BCUT2D eigenvalue weighted by atomic mass is 10.2. The Morgan fingerprint density at radius 1 is 0.774 bits per heavy atom. The molecule has 2 aliphatic rings. The van der Waals surface area contributed by atoms with Gasteiger partial charge in [0, 0.05) is 50.6 Å².